The van der Waals surface area contributed by atoms with Gasteiger partial charge in [0.05, 0.1) is 45.7 Å². The third-order valence-corrected chi connectivity index (χ3v) is 2.77. The Morgan fingerprint density at radius 3 is 2.05 bits per heavy atom. The van der Waals surface area contributed by atoms with E-state index in [0.717, 1.165) is 19.4 Å². The van der Waals surface area contributed by atoms with Crippen LogP contribution in [0.5, 0.6) is 0 Å². The minimum Gasteiger partial charge on any atom is -0.382 e. The summed E-state index contributed by atoms with van der Waals surface area (Å²) < 4.78 is 21.3. The van der Waals surface area contributed by atoms with Gasteiger partial charge in [-0.2, -0.15) is 0 Å². The first kappa shape index (κ1) is 19.8. The van der Waals surface area contributed by atoms with E-state index in [1.807, 2.05) is 0 Å². The van der Waals surface area contributed by atoms with Gasteiger partial charge in [-0.25, -0.2) is 0 Å². The Kier molecular flexibility index (Phi) is 15.0. The van der Waals surface area contributed by atoms with Crippen LogP contribution in [0.2, 0.25) is 0 Å². The van der Waals surface area contributed by atoms with E-state index in [0.29, 0.717) is 51.8 Å². The van der Waals surface area contributed by atoms with E-state index in [1.54, 1.807) is 7.11 Å². The standard InChI is InChI=1S/C15H33NO4/c1-14(2)16-7-5-6-15(3)20-13-12-19-11-10-18-9-8-17-4/h14-16H,5-13H2,1-4H3. The first-order valence-electron chi connectivity index (χ1n) is 7.66. The Hall–Kier alpha value is -0.200. The van der Waals surface area contributed by atoms with Gasteiger partial charge in [-0.3, -0.25) is 0 Å². The molecule has 0 aromatic heterocycles. The van der Waals surface area contributed by atoms with E-state index in [-0.39, 0.29) is 0 Å². The molecule has 0 fully saturated rings. The van der Waals surface area contributed by atoms with Crippen molar-refractivity contribution in [2.45, 2.75) is 45.8 Å². The van der Waals surface area contributed by atoms with Crippen molar-refractivity contribution >= 4 is 0 Å². The Balaban J connectivity index is 3.13. The van der Waals surface area contributed by atoms with Crippen LogP contribution in [0.25, 0.3) is 0 Å². The zero-order chi connectivity index (χ0) is 15.1. The maximum Gasteiger partial charge on any atom is 0.0704 e. The van der Waals surface area contributed by atoms with Gasteiger partial charge in [0.1, 0.15) is 0 Å². The van der Waals surface area contributed by atoms with Crippen molar-refractivity contribution in [3.8, 4) is 0 Å². The van der Waals surface area contributed by atoms with Gasteiger partial charge in [0.15, 0.2) is 0 Å². The Morgan fingerprint density at radius 2 is 1.45 bits per heavy atom. The smallest absolute Gasteiger partial charge is 0.0704 e. The first-order chi connectivity index (χ1) is 9.66. The molecule has 1 atom stereocenters. The third-order valence-electron chi connectivity index (χ3n) is 2.77. The lowest BCUT2D eigenvalue weighted by Gasteiger charge is -2.14. The minimum atomic E-state index is 0.297. The van der Waals surface area contributed by atoms with Gasteiger partial charge in [0, 0.05) is 13.2 Å². The molecule has 5 nitrogen and oxygen atoms in total. The van der Waals surface area contributed by atoms with Crippen molar-refractivity contribution in [1.82, 2.24) is 5.32 Å². The summed E-state index contributed by atoms with van der Waals surface area (Å²) in [6, 6.07) is 0.561. The van der Waals surface area contributed by atoms with Crippen LogP contribution in [0.15, 0.2) is 0 Å². The van der Waals surface area contributed by atoms with Crippen molar-refractivity contribution in [3.63, 3.8) is 0 Å². The molecular weight excluding hydrogens is 258 g/mol. The Labute approximate surface area is 124 Å². The fraction of sp³-hybridized carbons (Fsp3) is 1.00. The molecule has 20 heavy (non-hydrogen) atoms. The van der Waals surface area contributed by atoms with E-state index in [4.69, 9.17) is 18.9 Å². The van der Waals surface area contributed by atoms with Gasteiger partial charge in [-0.05, 0) is 26.3 Å². The van der Waals surface area contributed by atoms with Crippen molar-refractivity contribution in [2.24, 2.45) is 0 Å². The highest BCUT2D eigenvalue weighted by molar-refractivity contribution is 4.56. The average Bonchev–Trinajstić information content (AvgIpc) is 2.41. The molecule has 1 N–H and O–H groups in total. The lowest BCUT2D eigenvalue weighted by Crippen LogP contribution is -2.24. The number of ether oxygens (including phenoxy) is 4. The molecule has 0 bridgehead atoms. The lowest BCUT2D eigenvalue weighted by molar-refractivity contribution is -0.0139. The van der Waals surface area contributed by atoms with Gasteiger partial charge in [-0.15, -0.1) is 0 Å². The Bertz CT molecular complexity index is 191. The highest BCUT2D eigenvalue weighted by Gasteiger charge is 2.02. The van der Waals surface area contributed by atoms with E-state index in [2.05, 4.69) is 26.1 Å². The zero-order valence-electron chi connectivity index (χ0n) is 13.7. The predicted octanol–water partition coefficient (Wildman–Crippen LogP) is 1.85. The van der Waals surface area contributed by atoms with E-state index >= 15 is 0 Å². The number of hydrogen-bond donors (Lipinski definition) is 1. The summed E-state index contributed by atoms with van der Waals surface area (Å²) in [7, 11) is 1.66. The molecule has 0 spiro atoms. The molecule has 5 heteroatoms. The fourth-order valence-corrected chi connectivity index (χ4v) is 1.64. The maximum absolute atomic E-state index is 5.68. The second-order valence-electron chi connectivity index (χ2n) is 5.15. The summed E-state index contributed by atoms with van der Waals surface area (Å²) in [5.74, 6) is 0. The SMILES string of the molecule is COCCOCCOCCOC(C)CCCNC(C)C. The van der Waals surface area contributed by atoms with Crippen LogP contribution in [0.3, 0.4) is 0 Å². The predicted molar refractivity (Wildman–Crippen MR) is 81.3 cm³/mol. The van der Waals surface area contributed by atoms with Crippen molar-refractivity contribution < 1.29 is 18.9 Å². The van der Waals surface area contributed by atoms with Crippen LogP contribution in [-0.4, -0.2) is 65.4 Å². The van der Waals surface area contributed by atoms with Gasteiger partial charge < -0.3 is 24.3 Å². The molecule has 0 heterocycles. The van der Waals surface area contributed by atoms with Crippen molar-refractivity contribution in [3.05, 3.63) is 0 Å². The second kappa shape index (κ2) is 15.2. The molecule has 0 saturated carbocycles. The van der Waals surface area contributed by atoms with Gasteiger partial charge in [-0.1, -0.05) is 13.8 Å². The normalized spacial score (nSPS) is 13.1. The third kappa shape index (κ3) is 15.9. The molecule has 0 aromatic carbocycles. The van der Waals surface area contributed by atoms with E-state index in [1.165, 1.54) is 0 Å². The summed E-state index contributed by atoms with van der Waals surface area (Å²) in [5.41, 5.74) is 0. The molecule has 0 rings (SSSR count). The van der Waals surface area contributed by atoms with Crippen LogP contribution in [0, 0.1) is 0 Å². The second-order valence-corrected chi connectivity index (χ2v) is 5.15. The number of rotatable bonds is 15. The topological polar surface area (TPSA) is 49.0 Å². The van der Waals surface area contributed by atoms with Crippen LogP contribution in [0.4, 0.5) is 0 Å². The van der Waals surface area contributed by atoms with Gasteiger partial charge in [0.2, 0.25) is 0 Å². The number of hydrogen-bond acceptors (Lipinski definition) is 5. The quantitative estimate of drug-likeness (QED) is 0.467. The maximum atomic E-state index is 5.68. The molecular formula is C15H33NO4. The zero-order valence-corrected chi connectivity index (χ0v) is 13.7. The lowest BCUT2D eigenvalue weighted by atomic mass is 10.2. The molecule has 0 amide bonds. The highest BCUT2D eigenvalue weighted by Crippen LogP contribution is 2.00. The summed E-state index contributed by atoms with van der Waals surface area (Å²) in [4.78, 5) is 0. The first-order valence-corrected chi connectivity index (χ1v) is 7.66. The van der Waals surface area contributed by atoms with Crippen molar-refractivity contribution in [1.29, 1.82) is 0 Å². The van der Waals surface area contributed by atoms with Crippen LogP contribution in [0.1, 0.15) is 33.6 Å². The number of methoxy groups -OCH3 is 1. The molecule has 1 unspecified atom stereocenters. The van der Waals surface area contributed by atoms with Crippen LogP contribution >= 0.6 is 0 Å². The van der Waals surface area contributed by atoms with E-state index in [9.17, 15) is 0 Å². The molecule has 0 aliphatic heterocycles. The highest BCUT2D eigenvalue weighted by atomic mass is 16.6. The van der Waals surface area contributed by atoms with E-state index < -0.39 is 0 Å². The molecule has 0 aromatic rings. The fourth-order valence-electron chi connectivity index (χ4n) is 1.64. The summed E-state index contributed by atoms with van der Waals surface area (Å²) in [6.45, 7) is 11.2. The largest absolute Gasteiger partial charge is 0.382 e. The minimum absolute atomic E-state index is 0.297. The molecule has 0 radical (unpaired) electrons. The molecule has 0 aliphatic rings. The monoisotopic (exact) mass is 291 g/mol. The van der Waals surface area contributed by atoms with Crippen LogP contribution in [-0.2, 0) is 18.9 Å². The molecule has 0 saturated heterocycles. The number of nitrogens with one attached hydrogen (secondary N) is 1. The summed E-state index contributed by atoms with van der Waals surface area (Å²) in [5, 5.41) is 3.40. The van der Waals surface area contributed by atoms with Crippen LogP contribution < -0.4 is 5.32 Å². The Morgan fingerprint density at radius 1 is 0.850 bits per heavy atom. The molecule has 122 valence electrons. The summed E-state index contributed by atoms with van der Waals surface area (Å²) >= 11 is 0. The molecule has 0 aliphatic carbocycles. The summed E-state index contributed by atoms with van der Waals surface area (Å²) in [6.07, 6.45) is 2.53. The van der Waals surface area contributed by atoms with Gasteiger partial charge in [0.25, 0.3) is 0 Å². The average molecular weight is 291 g/mol. The van der Waals surface area contributed by atoms with Gasteiger partial charge >= 0.3 is 0 Å². The van der Waals surface area contributed by atoms with Crippen molar-refractivity contribution in [2.75, 3.05) is 53.3 Å².